The van der Waals surface area contributed by atoms with Crippen LogP contribution in [0.2, 0.25) is 0 Å². The maximum atomic E-state index is 12.0. The zero-order valence-electron chi connectivity index (χ0n) is 23.3. The molecule has 2 aromatic heterocycles. The molecule has 8 nitrogen and oxygen atoms in total. The van der Waals surface area contributed by atoms with Gasteiger partial charge < -0.3 is 20.1 Å². The number of carbonyl (C=O) groups is 1. The number of carboxylic acid groups (broad SMARTS) is 1. The van der Waals surface area contributed by atoms with Crippen molar-refractivity contribution in [1.82, 2.24) is 19.9 Å². The Morgan fingerprint density at radius 1 is 1.20 bits per heavy atom. The summed E-state index contributed by atoms with van der Waals surface area (Å²) >= 11 is 1.62. The number of hydrogen-bond acceptors (Lipinski definition) is 8. The molecule has 9 heteroatoms. The number of benzene rings is 2. The van der Waals surface area contributed by atoms with E-state index >= 15 is 0 Å². The van der Waals surface area contributed by atoms with Crippen LogP contribution in [0.4, 0.5) is 5.82 Å². The number of nitrogens with zero attached hydrogens (tertiary/aromatic N) is 4. The number of aryl methyl sites for hydroxylation is 1. The summed E-state index contributed by atoms with van der Waals surface area (Å²) in [6.45, 7) is 9.83. The maximum absolute atomic E-state index is 12.0. The van der Waals surface area contributed by atoms with E-state index in [9.17, 15) is 9.90 Å². The molecule has 1 aliphatic heterocycles. The van der Waals surface area contributed by atoms with Gasteiger partial charge in [0.15, 0.2) is 0 Å². The molecule has 0 saturated carbocycles. The number of aliphatic carboxylic acids is 1. The van der Waals surface area contributed by atoms with E-state index in [2.05, 4.69) is 51.1 Å². The molecule has 3 heterocycles. The first-order valence-electron chi connectivity index (χ1n) is 13.9. The molecule has 5 rings (SSSR count). The summed E-state index contributed by atoms with van der Waals surface area (Å²) in [5.74, 6) is 1.71. The third-order valence-electron chi connectivity index (χ3n) is 7.33. The highest BCUT2D eigenvalue weighted by Crippen LogP contribution is 2.28. The van der Waals surface area contributed by atoms with Gasteiger partial charge >= 0.3 is 5.97 Å². The Bertz CT molecular complexity index is 1460. The zero-order chi connectivity index (χ0) is 28.1. The van der Waals surface area contributed by atoms with E-state index in [4.69, 9.17) is 4.74 Å². The fourth-order valence-electron chi connectivity index (χ4n) is 5.38. The molecule has 0 radical (unpaired) electrons. The van der Waals surface area contributed by atoms with Gasteiger partial charge in [-0.05, 0) is 62.1 Å². The van der Waals surface area contributed by atoms with E-state index < -0.39 is 11.9 Å². The van der Waals surface area contributed by atoms with Gasteiger partial charge in [-0.1, -0.05) is 32.0 Å². The van der Waals surface area contributed by atoms with Gasteiger partial charge in [0.1, 0.15) is 17.4 Å². The fraction of sp³-hybridized carbons (Fsp3) is 0.419. The zero-order valence-corrected chi connectivity index (χ0v) is 24.2. The molecule has 0 bridgehead atoms. The van der Waals surface area contributed by atoms with Crippen LogP contribution in [0, 0.1) is 24.7 Å². The van der Waals surface area contributed by atoms with Crippen molar-refractivity contribution in [2.45, 2.75) is 33.6 Å². The summed E-state index contributed by atoms with van der Waals surface area (Å²) in [5.41, 5.74) is 5.93. The number of rotatable bonds is 11. The van der Waals surface area contributed by atoms with Crippen molar-refractivity contribution < 1.29 is 14.6 Å². The molecule has 210 valence electrons. The average Bonchev–Trinajstić information content (AvgIpc) is 3.40. The number of thiazole rings is 1. The lowest BCUT2D eigenvalue weighted by Crippen LogP contribution is -2.46. The Hall–Kier alpha value is -3.56. The summed E-state index contributed by atoms with van der Waals surface area (Å²) in [6.07, 6.45) is 1.64. The van der Waals surface area contributed by atoms with Crippen LogP contribution in [0.1, 0.15) is 31.7 Å². The van der Waals surface area contributed by atoms with Gasteiger partial charge in [-0.3, -0.25) is 4.79 Å². The Kier molecular flexibility index (Phi) is 8.91. The summed E-state index contributed by atoms with van der Waals surface area (Å²) < 4.78 is 7.27. The predicted molar refractivity (Wildman–Crippen MR) is 160 cm³/mol. The molecule has 2 unspecified atom stereocenters. The smallest absolute Gasteiger partial charge is 0.308 e. The molecule has 1 saturated heterocycles. The van der Waals surface area contributed by atoms with Gasteiger partial charge in [0.25, 0.3) is 0 Å². The Morgan fingerprint density at radius 2 is 2.08 bits per heavy atom. The van der Waals surface area contributed by atoms with Crippen molar-refractivity contribution >= 4 is 33.3 Å². The quantitative estimate of drug-likeness (QED) is 0.239. The highest BCUT2D eigenvalue weighted by Gasteiger charge is 2.34. The Balaban J connectivity index is 1.16. The van der Waals surface area contributed by atoms with E-state index in [1.807, 2.05) is 48.8 Å². The number of ether oxygens (including phenoxy) is 1. The largest absolute Gasteiger partial charge is 0.493 e. The first-order valence-corrected chi connectivity index (χ1v) is 14.8. The molecule has 1 aliphatic rings. The second-order valence-electron chi connectivity index (χ2n) is 11.0. The van der Waals surface area contributed by atoms with Crippen LogP contribution >= 0.6 is 11.3 Å². The van der Waals surface area contributed by atoms with Crippen molar-refractivity contribution in [1.29, 1.82) is 0 Å². The highest BCUT2D eigenvalue weighted by molar-refractivity contribution is 7.16. The molecule has 0 amide bonds. The van der Waals surface area contributed by atoms with Crippen molar-refractivity contribution in [3.05, 3.63) is 65.4 Å². The van der Waals surface area contributed by atoms with E-state index in [-0.39, 0.29) is 5.92 Å². The van der Waals surface area contributed by atoms with Crippen LogP contribution in [-0.4, -0.2) is 63.7 Å². The van der Waals surface area contributed by atoms with Crippen molar-refractivity contribution in [3.8, 4) is 17.0 Å². The van der Waals surface area contributed by atoms with Crippen molar-refractivity contribution in [2.75, 3.05) is 38.1 Å². The number of likely N-dealkylation sites (tertiary alicyclic amines) is 1. The molecule has 40 heavy (non-hydrogen) atoms. The van der Waals surface area contributed by atoms with Crippen LogP contribution in [-0.2, 0) is 11.2 Å². The number of carboxylic acids is 1. The van der Waals surface area contributed by atoms with Crippen LogP contribution in [0.15, 0.2) is 54.0 Å². The maximum Gasteiger partial charge on any atom is 0.308 e. The average molecular weight is 560 g/mol. The third-order valence-corrected chi connectivity index (χ3v) is 8.12. The minimum Gasteiger partial charge on any atom is -0.493 e. The topological polar surface area (TPSA) is 100 Å². The molecule has 2 N–H and O–H groups in total. The summed E-state index contributed by atoms with van der Waals surface area (Å²) in [5, 5.41) is 13.3. The number of aromatic nitrogens is 3. The molecule has 0 aliphatic carbocycles. The molecule has 0 spiro atoms. The third kappa shape index (κ3) is 7.14. The van der Waals surface area contributed by atoms with Gasteiger partial charge in [0.05, 0.1) is 33.9 Å². The van der Waals surface area contributed by atoms with Crippen LogP contribution in [0.3, 0.4) is 0 Å². The number of nitrogens with one attached hydrogen (secondary N) is 1. The lowest BCUT2D eigenvalue weighted by Gasteiger charge is -2.37. The van der Waals surface area contributed by atoms with E-state index in [1.54, 1.807) is 11.3 Å². The van der Waals surface area contributed by atoms with Crippen molar-refractivity contribution in [3.63, 3.8) is 0 Å². The number of piperidine rings is 1. The lowest BCUT2D eigenvalue weighted by molar-refractivity contribution is -0.146. The fourth-order valence-corrected chi connectivity index (χ4v) is 6.10. The SMILES string of the molecule is Cc1nc(NCCc2cccc(OCC3CCN(CC(C)C)CC3C(=O)O)c2)cc(-c2ccc3ncsc3c2)n1. The minimum absolute atomic E-state index is 0.0122. The summed E-state index contributed by atoms with van der Waals surface area (Å²) in [4.78, 5) is 27.8. The van der Waals surface area contributed by atoms with Crippen molar-refractivity contribution in [2.24, 2.45) is 17.8 Å². The first-order chi connectivity index (χ1) is 19.3. The van der Waals surface area contributed by atoms with E-state index in [0.717, 1.165) is 70.4 Å². The van der Waals surface area contributed by atoms with Crippen LogP contribution < -0.4 is 10.1 Å². The first kappa shape index (κ1) is 28.0. The standard InChI is InChI=1S/C31H37N5O3S/c1-20(2)16-36-12-10-24(26(17-36)31(37)38)18-39-25-6-4-5-22(13-25)9-11-32-30-15-28(34-21(3)35-30)23-7-8-27-29(14-23)40-19-33-27/h4-8,13-15,19-20,24,26H,9-12,16-18H2,1-3H3,(H,37,38)(H,32,34,35). The molecular weight excluding hydrogens is 522 g/mol. The summed E-state index contributed by atoms with van der Waals surface area (Å²) in [7, 11) is 0. The van der Waals surface area contributed by atoms with Crippen LogP contribution in [0.5, 0.6) is 5.75 Å². The minimum atomic E-state index is -0.728. The van der Waals surface area contributed by atoms with Gasteiger partial charge in [-0.2, -0.15) is 0 Å². The second kappa shape index (κ2) is 12.7. The highest BCUT2D eigenvalue weighted by atomic mass is 32.1. The molecule has 2 atom stereocenters. The van der Waals surface area contributed by atoms with E-state index in [0.29, 0.717) is 25.6 Å². The van der Waals surface area contributed by atoms with Gasteiger partial charge in [0.2, 0.25) is 0 Å². The molecule has 1 fully saturated rings. The number of fused-ring (bicyclic) bond motifs is 1. The Morgan fingerprint density at radius 3 is 2.90 bits per heavy atom. The van der Waals surface area contributed by atoms with Gasteiger partial charge in [-0.15, -0.1) is 11.3 Å². The predicted octanol–water partition coefficient (Wildman–Crippen LogP) is 5.77. The number of anilines is 1. The normalized spacial score (nSPS) is 17.8. The number of hydrogen-bond donors (Lipinski definition) is 2. The molecular formula is C31H37N5O3S. The monoisotopic (exact) mass is 559 g/mol. The Labute approximate surface area is 239 Å². The summed E-state index contributed by atoms with van der Waals surface area (Å²) in [6, 6.07) is 16.3. The molecule has 2 aromatic carbocycles. The molecule has 4 aromatic rings. The van der Waals surface area contributed by atoms with E-state index in [1.165, 1.54) is 0 Å². The van der Waals surface area contributed by atoms with Gasteiger partial charge in [0, 0.05) is 37.2 Å². The van der Waals surface area contributed by atoms with Gasteiger partial charge in [-0.25, -0.2) is 15.0 Å². The lowest BCUT2D eigenvalue weighted by atomic mass is 9.85. The van der Waals surface area contributed by atoms with Crippen LogP contribution in [0.25, 0.3) is 21.5 Å². The second-order valence-corrected chi connectivity index (χ2v) is 11.9.